The minimum Gasteiger partial charge on any atom is -0.357 e. The minimum atomic E-state index is 0. The van der Waals surface area contributed by atoms with Crippen LogP contribution in [0.5, 0.6) is 0 Å². The summed E-state index contributed by atoms with van der Waals surface area (Å²) in [4.78, 5) is 4.48. The Hall–Kier alpha value is -0.490. The van der Waals surface area contributed by atoms with Crippen molar-refractivity contribution in [2.45, 2.75) is 20.3 Å². The van der Waals surface area contributed by atoms with Crippen molar-refractivity contribution in [3.05, 3.63) is 34.9 Å². The van der Waals surface area contributed by atoms with Crippen LogP contribution >= 0.6 is 35.6 Å². The van der Waals surface area contributed by atoms with Crippen molar-refractivity contribution in [3.63, 3.8) is 0 Å². The topological polar surface area (TPSA) is 36.4 Å². The maximum absolute atomic E-state index is 5.83. The smallest absolute Gasteiger partial charge is 0.191 e. The SMILES string of the molecule is CCNC(=NCCc1ccc(Cl)cc1)NCC.I. The van der Waals surface area contributed by atoms with Crippen LogP contribution in [0.25, 0.3) is 0 Å². The molecule has 0 saturated carbocycles. The Morgan fingerprint density at radius 3 is 2.17 bits per heavy atom. The zero-order valence-electron chi connectivity index (χ0n) is 10.9. The van der Waals surface area contributed by atoms with Crippen LogP contribution in [0.1, 0.15) is 19.4 Å². The number of aliphatic imine (C=N–C) groups is 1. The van der Waals surface area contributed by atoms with Gasteiger partial charge in [-0.1, -0.05) is 23.7 Å². The molecular formula is C13H21ClIN3. The third-order valence-electron chi connectivity index (χ3n) is 2.27. The number of guanidine groups is 1. The summed E-state index contributed by atoms with van der Waals surface area (Å²) in [6.45, 7) is 6.66. The van der Waals surface area contributed by atoms with Crippen molar-refractivity contribution in [3.8, 4) is 0 Å². The van der Waals surface area contributed by atoms with Crippen molar-refractivity contribution in [2.24, 2.45) is 4.99 Å². The molecule has 102 valence electrons. The lowest BCUT2D eigenvalue weighted by molar-refractivity contribution is 0.833. The van der Waals surface area contributed by atoms with E-state index in [1.54, 1.807) is 0 Å². The molecule has 5 heteroatoms. The molecule has 0 fully saturated rings. The highest BCUT2D eigenvalue weighted by Gasteiger charge is 1.95. The van der Waals surface area contributed by atoms with Gasteiger partial charge >= 0.3 is 0 Å². The van der Waals surface area contributed by atoms with Crippen LogP contribution < -0.4 is 10.6 Å². The molecule has 0 unspecified atom stereocenters. The van der Waals surface area contributed by atoms with Crippen molar-refractivity contribution >= 4 is 41.5 Å². The van der Waals surface area contributed by atoms with E-state index in [2.05, 4.69) is 29.5 Å². The molecule has 0 atom stereocenters. The molecule has 0 heterocycles. The standard InChI is InChI=1S/C13H20ClN3.HI/c1-3-15-13(16-4-2)17-10-9-11-5-7-12(14)8-6-11;/h5-8H,3-4,9-10H2,1-2H3,(H2,15,16,17);1H. The Labute approximate surface area is 131 Å². The zero-order chi connectivity index (χ0) is 12.5. The molecule has 3 nitrogen and oxygen atoms in total. The summed E-state index contributed by atoms with van der Waals surface area (Å²) in [5, 5.41) is 7.17. The van der Waals surface area contributed by atoms with Gasteiger partial charge in [0.2, 0.25) is 0 Å². The van der Waals surface area contributed by atoms with Gasteiger partial charge in [-0.25, -0.2) is 0 Å². The van der Waals surface area contributed by atoms with Gasteiger partial charge in [0.1, 0.15) is 0 Å². The molecule has 0 saturated heterocycles. The molecule has 0 aromatic heterocycles. The Balaban J connectivity index is 0.00000289. The minimum absolute atomic E-state index is 0. The third-order valence-corrected chi connectivity index (χ3v) is 2.52. The molecule has 0 aliphatic heterocycles. The number of hydrogen-bond acceptors (Lipinski definition) is 1. The monoisotopic (exact) mass is 381 g/mol. The van der Waals surface area contributed by atoms with E-state index in [0.29, 0.717) is 0 Å². The van der Waals surface area contributed by atoms with Crippen LogP contribution in [-0.4, -0.2) is 25.6 Å². The van der Waals surface area contributed by atoms with Gasteiger partial charge in [0, 0.05) is 24.7 Å². The van der Waals surface area contributed by atoms with Gasteiger partial charge in [-0.15, -0.1) is 24.0 Å². The summed E-state index contributed by atoms with van der Waals surface area (Å²) in [7, 11) is 0. The van der Waals surface area contributed by atoms with Crippen LogP contribution in [0.15, 0.2) is 29.3 Å². The van der Waals surface area contributed by atoms with E-state index >= 15 is 0 Å². The highest BCUT2D eigenvalue weighted by molar-refractivity contribution is 14.0. The van der Waals surface area contributed by atoms with Crippen LogP contribution in [0, 0.1) is 0 Å². The maximum Gasteiger partial charge on any atom is 0.191 e. The highest BCUT2D eigenvalue weighted by atomic mass is 127. The second-order valence-corrected chi connectivity index (χ2v) is 4.10. The van der Waals surface area contributed by atoms with Gasteiger partial charge in [0.15, 0.2) is 5.96 Å². The third kappa shape index (κ3) is 7.06. The quantitative estimate of drug-likeness (QED) is 0.467. The average molecular weight is 382 g/mol. The van der Waals surface area contributed by atoms with E-state index in [4.69, 9.17) is 11.6 Å². The Bertz CT molecular complexity index is 344. The summed E-state index contributed by atoms with van der Waals surface area (Å²) in [6.07, 6.45) is 0.928. The highest BCUT2D eigenvalue weighted by Crippen LogP contribution is 2.09. The van der Waals surface area contributed by atoms with Crippen LogP contribution in [0.4, 0.5) is 0 Å². The molecule has 18 heavy (non-hydrogen) atoms. The van der Waals surface area contributed by atoms with E-state index in [0.717, 1.165) is 37.0 Å². The predicted molar refractivity (Wildman–Crippen MR) is 90.2 cm³/mol. The molecule has 0 bridgehead atoms. The van der Waals surface area contributed by atoms with Crippen LogP contribution in [-0.2, 0) is 6.42 Å². The lowest BCUT2D eigenvalue weighted by Crippen LogP contribution is -2.37. The van der Waals surface area contributed by atoms with Gasteiger partial charge < -0.3 is 10.6 Å². The maximum atomic E-state index is 5.83. The van der Waals surface area contributed by atoms with Crippen LogP contribution in [0.3, 0.4) is 0 Å². The zero-order valence-corrected chi connectivity index (χ0v) is 14.0. The molecule has 0 amide bonds. The van der Waals surface area contributed by atoms with Crippen molar-refractivity contribution in [1.29, 1.82) is 0 Å². The van der Waals surface area contributed by atoms with Gasteiger partial charge in [-0.2, -0.15) is 0 Å². The Morgan fingerprint density at radius 1 is 1.11 bits per heavy atom. The second kappa shape index (κ2) is 10.4. The average Bonchev–Trinajstić information content (AvgIpc) is 2.32. The number of halogens is 2. The summed E-state index contributed by atoms with van der Waals surface area (Å²) in [5.74, 6) is 0.879. The molecule has 0 aliphatic rings. The first kappa shape index (κ1) is 17.5. The van der Waals surface area contributed by atoms with E-state index in [9.17, 15) is 0 Å². The molecule has 2 N–H and O–H groups in total. The number of nitrogens with zero attached hydrogens (tertiary/aromatic N) is 1. The fourth-order valence-corrected chi connectivity index (χ4v) is 1.58. The predicted octanol–water partition coefficient (Wildman–Crippen LogP) is 3.08. The first-order valence-corrected chi connectivity index (χ1v) is 6.40. The molecule has 1 aromatic rings. The number of rotatable bonds is 5. The normalized spacial score (nSPS) is 9.28. The molecule has 0 radical (unpaired) electrons. The first-order chi connectivity index (χ1) is 8.26. The molecular weight excluding hydrogens is 361 g/mol. The van der Waals surface area contributed by atoms with E-state index < -0.39 is 0 Å². The van der Waals surface area contributed by atoms with E-state index in [1.807, 2.05) is 24.3 Å². The fourth-order valence-electron chi connectivity index (χ4n) is 1.46. The van der Waals surface area contributed by atoms with E-state index in [-0.39, 0.29) is 24.0 Å². The molecule has 0 spiro atoms. The molecule has 1 aromatic carbocycles. The number of benzene rings is 1. The van der Waals surface area contributed by atoms with Gasteiger partial charge in [0.05, 0.1) is 0 Å². The largest absolute Gasteiger partial charge is 0.357 e. The molecule has 0 aliphatic carbocycles. The van der Waals surface area contributed by atoms with E-state index in [1.165, 1.54) is 5.56 Å². The summed E-state index contributed by atoms with van der Waals surface area (Å²) in [6, 6.07) is 7.91. The van der Waals surface area contributed by atoms with Gasteiger partial charge in [-0.05, 0) is 38.0 Å². The Kier molecular flexibility index (Phi) is 10.2. The molecule has 1 rings (SSSR count). The fraction of sp³-hybridized carbons (Fsp3) is 0.462. The Morgan fingerprint density at radius 2 is 1.67 bits per heavy atom. The summed E-state index contributed by atoms with van der Waals surface area (Å²) < 4.78 is 0. The van der Waals surface area contributed by atoms with Crippen molar-refractivity contribution < 1.29 is 0 Å². The number of nitrogens with one attached hydrogen (secondary N) is 2. The summed E-state index contributed by atoms with van der Waals surface area (Å²) in [5.41, 5.74) is 1.26. The second-order valence-electron chi connectivity index (χ2n) is 3.67. The lowest BCUT2D eigenvalue weighted by atomic mass is 10.1. The lowest BCUT2D eigenvalue weighted by Gasteiger charge is -2.08. The van der Waals surface area contributed by atoms with Crippen LogP contribution in [0.2, 0.25) is 5.02 Å². The van der Waals surface area contributed by atoms with Crippen molar-refractivity contribution in [2.75, 3.05) is 19.6 Å². The number of hydrogen-bond donors (Lipinski definition) is 2. The first-order valence-electron chi connectivity index (χ1n) is 6.03. The van der Waals surface area contributed by atoms with Gasteiger partial charge in [-0.3, -0.25) is 4.99 Å². The van der Waals surface area contributed by atoms with Crippen molar-refractivity contribution in [1.82, 2.24) is 10.6 Å². The summed E-state index contributed by atoms with van der Waals surface area (Å²) >= 11 is 5.83. The van der Waals surface area contributed by atoms with Gasteiger partial charge in [0.25, 0.3) is 0 Å².